The van der Waals surface area contributed by atoms with E-state index in [1.165, 1.54) is 6.07 Å². The molecule has 2 aromatic heterocycles. The van der Waals surface area contributed by atoms with E-state index < -0.39 is 0 Å². The molecule has 0 saturated carbocycles. The van der Waals surface area contributed by atoms with Gasteiger partial charge in [0.15, 0.2) is 0 Å². The number of aryl methyl sites for hydroxylation is 1. The molecule has 1 aromatic carbocycles. The van der Waals surface area contributed by atoms with E-state index in [2.05, 4.69) is 9.97 Å². The van der Waals surface area contributed by atoms with Gasteiger partial charge < -0.3 is 10.3 Å². The minimum atomic E-state index is -0.262. The number of thiazole rings is 1. The number of nitrogens with two attached hydrogens (primary N) is 1. The Hall–Kier alpha value is -1.22. The molecule has 20 heavy (non-hydrogen) atoms. The van der Waals surface area contributed by atoms with Gasteiger partial charge in [-0.05, 0) is 42.5 Å². The number of benzene rings is 1. The van der Waals surface area contributed by atoms with Crippen molar-refractivity contribution in [2.75, 3.05) is 5.73 Å². The first-order chi connectivity index (χ1) is 9.47. The van der Waals surface area contributed by atoms with E-state index in [-0.39, 0.29) is 11.9 Å². The lowest BCUT2D eigenvalue weighted by molar-refractivity contribution is 0.617. The molecule has 2 N–H and O–H groups in total. The highest BCUT2D eigenvalue weighted by atomic mass is 127. The quantitative estimate of drug-likeness (QED) is 0.665. The van der Waals surface area contributed by atoms with Gasteiger partial charge in [0.25, 0.3) is 0 Å². The molecule has 0 saturated heterocycles. The molecule has 104 valence electrons. The van der Waals surface area contributed by atoms with Gasteiger partial charge in [0.05, 0.1) is 20.6 Å². The molecule has 0 amide bonds. The summed E-state index contributed by atoms with van der Waals surface area (Å²) in [4.78, 5) is 8.79. The summed E-state index contributed by atoms with van der Waals surface area (Å²) in [5, 5.41) is 2.93. The zero-order valence-electron chi connectivity index (χ0n) is 10.9. The summed E-state index contributed by atoms with van der Waals surface area (Å²) in [6.45, 7) is 3.94. The van der Waals surface area contributed by atoms with Gasteiger partial charge in [0, 0.05) is 17.1 Å². The van der Waals surface area contributed by atoms with E-state index in [0.29, 0.717) is 20.6 Å². The lowest BCUT2D eigenvalue weighted by atomic mass is 10.2. The number of anilines is 1. The molecule has 3 rings (SSSR count). The fourth-order valence-corrected chi connectivity index (χ4v) is 3.48. The average Bonchev–Trinajstić information content (AvgIpc) is 2.93. The van der Waals surface area contributed by atoms with E-state index in [9.17, 15) is 4.39 Å². The van der Waals surface area contributed by atoms with E-state index in [1.54, 1.807) is 17.4 Å². The van der Waals surface area contributed by atoms with E-state index in [1.807, 2.05) is 46.4 Å². The summed E-state index contributed by atoms with van der Waals surface area (Å²) in [6.07, 6.45) is 0. The van der Waals surface area contributed by atoms with Crippen molar-refractivity contribution in [2.24, 2.45) is 0 Å². The number of fused-ring (bicyclic) bond motifs is 1. The number of rotatable bonds is 2. The predicted molar refractivity (Wildman–Crippen MR) is 87.5 cm³/mol. The smallest absolute Gasteiger partial charge is 0.201 e. The van der Waals surface area contributed by atoms with Gasteiger partial charge in [-0.25, -0.2) is 14.4 Å². The van der Waals surface area contributed by atoms with E-state index in [4.69, 9.17) is 5.73 Å². The Labute approximate surface area is 133 Å². The summed E-state index contributed by atoms with van der Waals surface area (Å²) in [6, 6.07) is 3.12. The van der Waals surface area contributed by atoms with Crippen molar-refractivity contribution in [3.05, 3.63) is 37.6 Å². The van der Waals surface area contributed by atoms with Crippen molar-refractivity contribution in [1.82, 2.24) is 14.5 Å². The third kappa shape index (κ3) is 2.18. The number of nitrogen functional groups attached to an aromatic ring is 1. The highest BCUT2D eigenvalue weighted by molar-refractivity contribution is 14.1. The van der Waals surface area contributed by atoms with Crippen LogP contribution in [0.5, 0.6) is 0 Å². The van der Waals surface area contributed by atoms with Crippen molar-refractivity contribution in [3.8, 4) is 0 Å². The molecule has 2 heterocycles. The van der Waals surface area contributed by atoms with Gasteiger partial charge >= 0.3 is 0 Å². The molecule has 0 bridgehead atoms. The van der Waals surface area contributed by atoms with Crippen LogP contribution in [0, 0.1) is 16.3 Å². The summed E-state index contributed by atoms with van der Waals surface area (Å²) < 4.78 is 16.2. The van der Waals surface area contributed by atoms with Crippen LogP contribution in [0.25, 0.3) is 11.0 Å². The number of aromatic nitrogens is 3. The van der Waals surface area contributed by atoms with Gasteiger partial charge in [-0.2, -0.15) is 0 Å². The van der Waals surface area contributed by atoms with Crippen LogP contribution in [0.2, 0.25) is 0 Å². The van der Waals surface area contributed by atoms with Crippen LogP contribution in [0.1, 0.15) is 23.7 Å². The van der Waals surface area contributed by atoms with Crippen molar-refractivity contribution < 1.29 is 4.39 Å². The fourth-order valence-electron chi connectivity index (χ4n) is 2.19. The van der Waals surface area contributed by atoms with Gasteiger partial charge in [-0.1, -0.05) is 0 Å². The van der Waals surface area contributed by atoms with Crippen LogP contribution in [-0.4, -0.2) is 14.5 Å². The Morgan fingerprint density at radius 3 is 2.80 bits per heavy atom. The second-order valence-electron chi connectivity index (χ2n) is 4.60. The van der Waals surface area contributed by atoms with Crippen LogP contribution in [0.4, 0.5) is 10.3 Å². The SMILES string of the molecule is Cc1csc(C(C)n2c(N)nc3cc(I)c(F)cc32)n1. The summed E-state index contributed by atoms with van der Waals surface area (Å²) in [5.74, 6) is 0.114. The summed E-state index contributed by atoms with van der Waals surface area (Å²) >= 11 is 3.52. The Bertz CT molecular complexity index is 795. The van der Waals surface area contributed by atoms with E-state index in [0.717, 1.165) is 10.7 Å². The average molecular weight is 402 g/mol. The van der Waals surface area contributed by atoms with Crippen LogP contribution >= 0.6 is 33.9 Å². The Morgan fingerprint density at radius 1 is 1.40 bits per heavy atom. The molecule has 0 aliphatic rings. The maximum absolute atomic E-state index is 13.8. The zero-order valence-corrected chi connectivity index (χ0v) is 13.9. The topological polar surface area (TPSA) is 56.7 Å². The standard InChI is InChI=1S/C13H12FIN4S/c1-6-5-20-12(17-6)7(2)19-11-3-8(14)9(15)4-10(11)18-13(19)16/h3-5,7H,1-2H3,(H2,16,18). The molecule has 0 aliphatic carbocycles. The minimum Gasteiger partial charge on any atom is -0.369 e. The van der Waals surface area contributed by atoms with E-state index >= 15 is 0 Å². The highest BCUT2D eigenvalue weighted by Gasteiger charge is 2.19. The monoisotopic (exact) mass is 402 g/mol. The second-order valence-corrected chi connectivity index (χ2v) is 6.65. The molecule has 0 spiro atoms. The minimum absolute atomic E-state index is 0.0711. The van der Waals surface area contributed by atoms with Crippen LogP contribution in [0.3, 0.4) is 0 Å². The predicted octanol–water partition coefficient (Wildman–Crippen LogP) is 3.74. The summed E-state index contributed by atoms with van der Waals surface area (Å²) in [5.41, 5.74) is 8.37. The van der Waals surface area contributed by atoms with Crippen LogP contribution in [0.15, 0.2) is 17.5 Å². The van der Waals surface area contributed by atoms with Gasteiger partial charge in [0.2, 0.25) is 5.95 Å². The highest BCUT2D eigenvalue weighted by Crippen LogP contribution is 2.30. The number of halogens is 2. The number of nitrogens with zero attached hydrogens (tertiary/aromatic N) is 3. The number of imidazole rings is 1. The molecule has 0 fully saturated rings. The van der Waals surface area contributed by atoms with Crippen LogP contribution < -0.4 is 5.73 Å². The Kier molecular flexibility index (Phi) is 3.41. The first-order valence-electron chi connectivity index (χ1n) is 6.02. The first kappa shape index (κ1) is 13.7. The fraction of sp³-hybridized carbons (Fsp3) is 0.231. The van der Waals surface area contributed by atoms with Crippen molar-refractivity contribution in [2.45, 2.75) is 19.9 Å². The molecule has 4 nitrogen and oxygen atoms in total. The third-order valence-electron chi connectivity index (χ3n) is 3.14. The molecule has 1 atom stereocenters. The maximum Gasteiger partial charge on any atom is 0.201 e. The maximum atomic E-state index is 13.8. The van der Waals surface area contributed by atoms with Crippen LogP contribution in [-0.2, 0) is 0 Å². The molecule has 7 heteroatoms. The van der Waals surface area contributed by atoms with Gasteiger partial charge in [-0.3, -0.25) is 0 Å². The number of hydrogen-bond acceptors (Lipinski definition) is 4. The second kappa shape index (κ2) is 4.96. The zero-order chi connectivity index (χ0) is 14.4. The van der Waals surface area contributed by atoms with Crippen molar-refractivity contribution in [3.63, 3.8) is 0 Å². The molecule has 3 aromatic rings. The third-order valence-corrected chi connectivity index (χ3v) is 5.10. The number of hydrogen-bond donors (Lipinski definition) is 1. The van der Waals surface area contributed by atoms with Gasteiger partial charge in [0.1, 0.15) is 10.8 Å². The molecular weight excluding hydrogens is 390 g/mol. The molecular formula is C13H12FIN4S. The van der Waals surface area contributed by atoms with Crippen molar-refractivity contribution >= 4 is 50.9 Å². The molecule has 0 radical (unpaired) electrons. The normalized spacial score (nSPS) is 13.0. The van der Waals surface area contributed by atoms with Crippen molar-refractivity contribution in [1.29, 1.82) is 0 Å². The first-order valence-corrected chi connectivity index (χ1v) is 7.97. The lowest BCUT2D eigenvalue weighted by Gasteiger charge is -2.13. The lowest BCUT2D eigenvalue weighted by Crippen LogP contribution is -2.10. The summed E-state index contributed by atoms with van der Waals surface area (Å²) in [7, 11) is 0. The molecule has 1 unspecified atom stereocenters. The Balaban J connectivity index is 2.20. The Morgan fingerprint density at radius 2 is 2.15 bits per heavy atom. The molecule has 0 aliphatic heterocycles. The largest absolute Gasteiger partial charge is 0.369 e. The van der Waals surface area contributed by atoms with Gasteiger partial charge in [-0.15, -0.1) is 11.3 Å².